The molecule has 1 aliphatic heterocycles. The molecule has 1 aliphatic rings. The van der Waals surface area contributed by atoms with Gasteiger partial charge in [-0.2, -0.15) is 4.31 Å². The number of aryl methyl sites for hydroxylation is 1. The van der Waals surface area contributed by atoms with E-state index in [0.29, 0.717) is 30.2 Å². The molecule has 1 aromatic carbocycles. The van der Waals surface area contributed by atoms with E-state index in [1.807, 2.05) is 13.0 Å². The van der Waals surface area contributed by atoms with Crippen LogP contribution in [0.3, 0.4) is 0 Å². The van der Waals surface area contributed by atoms with Gasteiger partial charge in [-0.3, -0.25) is 4.79 Å². The number of sulfonamides is 1. The number of nitrogens with one attached hydrogen (secondary N) is 1. The van der Waals surface area contributed by atoms with E-state index in [1.165, 1.54) is 16.4 Å². The zero-order valence-electron chi connectivity index (χ0n) is 14.4. The van der Waals surface area contributed by atoms with Gasteiger partial charge in [0.1, 0.15) is 5.82 Å². The molecule has 1 saturated heterocycles. The number of amides is 1. The van der Waals surface area contributed by atoms with Crippen molar-refractivity contribution in [3.63, 3.8) is 0 Å². The Morgan fingerprint density at radius 1 is 1.27 bits per heavy atom. The minimum Gasteiger partial charge on any atom is -0.310 e. The number of nitrogens with zero attached hydrogens (tertiary/aromatic N) is 2. The first kappa shape index (κ1) is 18.8. The van der Waals surface area contributed by atoms with Crippen molar-refractivity contribution in [3.05, 3.63) is 53.2 Å². The van der Waals surface area contributed by atoms with Gasteiger partial charge < -0.3 is 5.32 Å². The lowest BCUT2D eigenvalue weighted by Gasteiger charge is -2.31. The number of halogens is 1. The van der Waals surface area contributed by atoms with E-state index >= 15 is 0 Å². The Morgan fingerprint density at radius 2 is 2.00 bits per heavy atom. The molecule has 1 atom stereocenters. The van der Waals surface area contributed by atoms with Gasteiger partial charge >= 0.3 is 0 Å². The zero-order valence-corrected chi connectivity index (χ0v) is 15.9. The highest BCUT2D eigenvalue weighted by atomic mass is 35.5. The molecule has 138 valence electrons. The summed E-state index contributed by atoms with van der Waals surface area (Å²) in [6.07, 6.45) is 2.90. The number of rotatable bonds is 4. The molecule has 1 fully saturated rings. The van der Waals surface area contributed by atoms with Crippen LogP contribution in [0.5, 0.6) is 0 Å². The second-order valence-corrected chi connectivity index (χ2v) is 8.74. The molecule has 0 radical (unpaired) electrons. The summed E-state index contributed by atoms with van der Waals surface area (Å²) in [5, 5.41) is 3.26. The summed E-state index contributed by atoms with van der Waals surface area (Å²) in [5.74, 6) is -0.139. The summed E-state index contributed by atoms with van der Waals surface area (Å²) in [6, 6.07) is 9.69. The summed E-state index contributed by atoms with van der Waals surface area (Å²) in [6.45, 7) is 2.47. The van der Waals surface area contributed by atoms with Gasteiger partial charge in [0.15, 0.2) is 0 Å². The fourth-order valence-electron chi connectivity index (χ4n) is 2.96. The molecule has 1 aromatic heterocycles. The molecule has 3 rings (SSSR count). The monoisotopic (exact) mass is 393 g/mol. The van der Waals surface area contributed by atoms with Crippen molar-refractivity contribution in [3.8, 4) is 0 Å². The molecule has 2 heterocycles. The molecule has 1 N–H and O–H groups in total. The molecular formula is C18H20ClN3O3S. The van der Waals surface area contributed by atoms with E-state index < -0.39 is 15.9 Å². The smallest absolute Gasteiger partial charge is 0.243 e. The van der Waals surface area contributed by atoms with Crippen LogP contribution in [0.4, 0.5) is 5.82 Å². The molecule has 8 heteroatoms. The second kappa shape index (κ2) is 7.73. The van der Waals surface area contributed by atoms with E-state index in [9.17, 15) is 13.2 Å². The van der Waals surface area contributed by atoms with Crippen LogP contribution in [-0.4, -0.2) is 36.7 Å². The standard InChI is InChI=1S/C18H20ClN3O3S/c1-13-8-9-20-17(11-13)21-18(23)14-3-2-10-22(12-14)26(24,25)16-6-4-15(19)5-7-16/h4-9,11,14H,2-3,10,12H2,1H3,(H,20,21,23). The highest BCUT2D eigenvalue weighted by Crippen LogP contribution is 2.25. The molecule has 1 unspecified atom stereocenters. The minimum atomic E-state index is -3.65. The average Bonchev–Trinajstić information content (AvgIpc) is 2.62. The second-order valence-electron chi connectivity index (χ2n) is 6.36. The number of anilines is 1. The summed E-state index contributed by atoms with van der Waals surface area (Å²) < 4.78 is 27.0. The number of carbonyl (C=O) groups is 1. The molecule has 0 aliphatic carbocycles. The first-order chi connectivity index (χ1) is 12.4. The number of piperidine rings is 1. The van der Waals surface area contributed by atoms with Crippen LogP contribution in [0.15, 0.2) is 47.5 Å². The normalized spacial score (nSPS) is 18.5. The third-order valence-electron chi connectivity index (χ3n) is 4.37. The Hall–Kier alpha value is -1.96. The maximum atomic E-state index is 12.8. The number of carbonyl (C=O) groups excluding carboxylic acids is 1. The van der Waals surface area contributed by atoms with Crippen LogP contribution in [0, 0.1) is 12.8 Å². The predicted molar refractivity (Wildman–Crippen MR) is 101 cm³/mol. The third-order valence-corrected chi connectivity index (χ3v) is 6.50. The van der Waals surface area contributed by atoms with Crippen molar-refractivity contribution >= 4 is 33.3 Å². The SMILES string of the molecule is Cc1ccnc(NC(=O)C2CCCN(S(=O)(=O)c3ccc(Cl)cc3)C2)c1. The first-order valence-corrected chi connectivity index (χ1v) is 10.2. The van der Waals surface area contributed by atoms with Crippen LogP contribution in [0.25, 0.3) is 0 Å². The van der Waals surface area contributed by atoms with E-state index in [1.54, 1.807) is 24.4 Å². The molecule has 2 aromatic rings. The Morgan fingerprint density at radius 3 is 2.69 bits per heavy atom. The van der Waals surface area contributed by atoms with E-state index in [4.69, 9.17) is 11.6 Å². The van der Waals surface area contributed by atoms with Gasteiger partial charge in [-0.25, -0.2) is 13.4 Å². The maximum Gasteiger partial charge on any atom is 0.243 e. The van der Waals surface area contributed by atoms with Gasteiger partial charge in [-0.05, 0) is 61.7 Å². The van der Waals surface area contributed by atoms with Crippen molar-refractivity contribution in [2.24, 2.45) is 5.92 Å². The van der Waals surface area contributed by atoms with Gasteiger partial charge in [0.2, 0.25) is 15.9 Å². The lowest BCUT2D eigenvalue weighted by molar-refractivity contribution is -0.120. The maximum absolute atomic E-state index is 12.8. The molecule has 6 nitrogen and oxygen atoms in total. The lowest BCUT2D eigenvalue weighted by Crippen LogP contribution is -2.43. The Balaban J connectivity index is 1.72. The van der Waals surface area contributed by atoms with Crippen LogP contribution >= 0.6 is 11.6 Å². The number of benzene rings is 1. The quantitative estimate of drug-likeness (QED) is 0.865. The van der Waals surface area contributed by atoms with Crippen molar-refractivity contribution in [2.75, 3.05) is 18.4 Å². The van der Waals surface area contributed by atoms with Crippen LogP contribution < -0.4 is 5.32 Å². The predicted octanol–water partition coefficient (Wildman–Crippen LogP) is 3.08. The molecule has 0 saturated carbocycles. The molecule has 0 spiro atoms. The fraction of sp³-hybridized carbons (Fsp3) is 0.333. The highest BCUT2D eigenvalue weighted by Gasteiger charge is 2.33. The van der Waals surface area contributed by atoms with Crippen molar-refractivity contribution in [1.29, 1.82) is 0 Å². The van der Waals surface area contributed by atoms with Gasteiger partial charge in [0.25, 0.3) is 0 Å². The fourth-order valence-corrected chi connectivity index (χ4v) is 4.61. The summed E-state index contributed by atoms with van der Waals surface area (Å²) in [4.78, 5) is 16.8. The van der Waals surface area contributed by atoms with Crippen LogP contribution in [0.2, 0.25) is 5.02 Å². The van der Waals surface area contributed by atoms with Crippen LogP contribution in [-0.2, 0) is 14.8 Å². The van der Waals surface area contributed by atoms with Gasteiger partial charge in [-0.1, -0.05) is 11.6 Å². The van der Waals surface area contributed by atoms with Crippen molar-refractivity contribution < 1.29 is 13.2 Å². The van der Waals surface area contributed by atoms with Gasteiger partial charge in [0.05, 0.1) is 10.8 Å². The highest BCUT2D eigenvalue weighted by molar-refractivity contribution is 7.89. The summed E-state index contributed by atoms with van der Waals surface area (Å²) in [7, 11) is -3.65. The first-order valence-electron chi connectivity index (χ1n) is 8.35. The summed E-state index contributed by atoms with van der Waals surface area (Å²) in [5.41, 5.74) is 0.992. The Labute approximate surface area is 158 Å². The number of hydrogen-bond acceptors (Lipinski definition) is 4. The van der Waals surface area contributed by atoms with Crippen molar-refractivity contribution in [1.82, 2.24) is 9.29 Å². The van der Waals surface area contributed by atoms with E-state index in [2.05, 4.69) is 10.3 Å². The Kier molecular flexibility index (Phi) is 5.60. The van der Waals surface area contributed by atoms with Crippen molar-refractivity contribution in [2.45, 2.75) is 24.7 Å². The lowest BCUT2D eigenvalue weighted by atomic mass is 9.99. The third kappa shape index (κ3) is 4.23. The van der Waals surface area contributed by atoms with E-state index in [0.717, 1.165) is 5.56 Å². The number of pyridine rings is 1. The summed E-state index contributed by atoms with van der Waals surface area (Å²) >= 11 is 5.83. The number of aromatic nitrogens is 1. The van der Waals surface area contributed by atoms with Crippen LogP contribution in [0.1, 0.15) is 18.4 Å². The molecular weight excluding hydrogens is 374 g/mol. The van der Waals surface area contributed by atoms with Gasteiger partial charge in [-0.15, -0.1) is 0 Å². The van der Waals surface area contributed by atoms with Gasteiger partial charge in [0, 0.05) is 24.3 Å². The zero-order chi connectivity index (χ0) is 18.7. The average molecular weight is 394 g/mol. The largest absolute Gasteiger partial charge is 0.310 e. The Bertz CT molecular complexity index is 900. The molecule has 0 bridgehead atoms. The molecule has 26 heavy (non-hydrogen) atoms. The number of hydrogen-bond donors (Lipinski definition) is 1. The minimum absolute atomic E-state index is 0.155. The topological polar surface area (TPSA) is 79.4 Å². The van der Waals surface area contributed by atoms with E-state index in [-0.39, 0.29) is 17.3 Å². The molecule has 1 amide bonds.